The Kier molecular flexibility index (Phi) is 7.74. The second kappa shape index (κ2) is 11.0. The summed E-state index contributed by atoms with van der Waals surface area (Å²) in [6, 6.07) is 21.0. The maximum Gasteiger partial charge on any atom is 0.435 e. The fourth-order valence-corrected chi connectivity index (χ4v) is 3.88. The van der Waals surface area contributed by atoms with Gasteiger partial charge in [-0.15, -0.1) is 0 Å². The molecule has 0 atom stereocenters. The molecule has 0 aliphatic carbocycles. The van der Waals surface area contributed by atoms with Crippen molar-refractivity contribution in [2.75, 3.05) is 6.61 Å². The predicted octanol–water partition coefficient (Wildman–Crippen LogP) is 7.32. The number of nitrogens with zero attached hydrogens (tertiary/aromatic N) is 2. The topological polar surface area (TPSA) is 44.1 Å². The first-order valence-electron chi connectivity index (χ1n) is 11.1. The van der Waals surface area contributed by atoms with Gasteiger partial charge in [0, 0.05) is 12.5 Å². The first-order valence-corrected chi connectivity index (χ1v) is 11.5. The third-order valence-corrected chi connectivity index (χ3v) is 5.77. The van der Waals surface area contributed by atoms with E-state index in [0.29, 0.717) is 12.8 Å². The van der Waals surface area contributed by atoms with Gasteiger partial charge in [-0.2, -0.15) is 23.0 Å². The highest BCUT2D eigenvalue weighted by Gasteiger charge is 2.36. The summed E-state index contributed by atoms with van der Waals surface area (Å²) < 4.78 is 59.2. The van der Waals surface area contributed by atoms with Crippen molar-refractivity contribution in [2.24, 2.45) is 0 Å². The molecule has 0 amide bonds. The van der Waals surface area contributed by atoms with Crippen molar-refractivity contribution in [3.8, 4) is 22.7 Å². The van der Waals surface area contributed by atoms with E-state index in [-0.39, 0.29) is 34.6 Å². The first kappa shape index (κ1) is 25.4. The molecule has 186 valence electrons. The molecule has 0 aliphatic rings. The predicted molar refractivity (Wildman–Crippen MR) is 129 cm³/mol. The molecule has 0 radical (unpaired) electrons. The molecular formula is C27H21ClF4N2O2. The molecular weight excluding hydrogens is 496 g/mol. The SMILES string of the molecule is O=C(CCCc1cccc(-c2ccc(F)cc2)c1)COc1cc(C(F)(F)F)nn1-c1ccccc1Cl. The van der Waals surface area contributed by atoms with Crippen LogP contribution in [0, 0.1) is 5.82 Å². The number of carbonyl (C=O) groups excluding carboxylic acids is 1. The number of ketones is 1. The van der Waals surface area contributed by atoms with Crippen LogP contribution < -0.4 is 4.74 Å². The second-order valence-corrected chi connectivity index (χ2v) is 8.52. The standard InChI is InChI=1S/C27H21ClF4N2O2/c28-23-9-1-2-10-24(23)34-26(16-25(33-34)27(30,31)32)36-17-22(35)8-4-6-18-5-3-7-20(15-18)19-11-13-21(29)14-12-19/h1-3,5,7,9-16H,4,6,8,17H2. The van der Waals surface area contributed by atoms with Gasteiger partial charge < -0.3 is 4.74 Å². The maximum absolute atomic E-state index is 13.2. The summed E-state index contributed by atoms with van der Waals surface area (Å²) in [5.74, 6) is -0.791. The van der Waals surface area contributed by atoms with Crippen LogP contribution in [0.5, 0.6) is 5.88 Å². The number of hydrogen-bond acceptors (Lipinski definition) is 3. The zero-order valence-electron chi connectivity index (χ0n) is 18.9. The Morgan fingerprint density at radius 2 is 1.69 bits per heavy atom. The van der Waals surface area contributed by atoms with Crippen LogP contribution in [0.1, 0.15) is 24.1 Å². The average Bonchev–Trinajstić information content (AvgIpc) is 3.28. The first-order chi connectivity index (χ1) is 17.2. The van der Waals surface area contributed by atoms with Crippen molar-refractivity contribution in [2.45, 2.75) is 25.4 Å². The number of alkyl halides is 3. The second-order valence-electron chi connectivity index (χ2n) is 8.12. The molecule has 0 bridgehead atoms. The Balaban J connectivity index is 1.37. The minimum atomic E-state index is -4.68. The van der Waals surface area contributed by atoms with Crippen molar-refractivity contribution in [3.63, 3.8) is 0 Å². The third-order valence-electron chi connectivity index (χ3n) is 5.45. The average molecular weight is 517 g/mol. The zero-order valence-corrected chi connectivity index (χ0v) is 19.7. The minimum absolute atomic E-state index is 0.188. The van der Waals surface area contributed by atoms with E-state index >= 15 is 0 Å². The van der Waals surface area contributed by atoms with Crippen LogP contribution in [0.2, 0.25) is 5.02 Å². The van der Waals surface area contributed by atoms with Crippen LogP contribution in [-0.2, 0) is 17.4 Å². The summed E-state index contributed by atoms with van der Waals surface area (Å²) in [5, 5.41) is 3.77. The van der Waals surface area contributed by atoms with Gasteiger partial charge in [-0.05, 0) is 53.8 Å². The lowest BCUT2D eigenvalue weighted by Gasteiger charge is -2.10. The molecule has 1 heterocycles. The van der Waals surface area contributed by atoms with E-state index in [4.69, 9.17) is 16.3 Å². The molecule has 1 aromatic heterocycles. The molecule has 4 aromatic rings. The molecule has 3 aromatic carbocycles. The Morgan fingerprint density at radius 3 is 2.42 bits per heavy atom. The number of Topliss-reactive ketones (excluding diaryl/α,β-unsaturated/α-hetero) is 1. The molecule has 0 unspecified atom stereocenters. The smallest absolute Gasteiger partial charge is 0.435 e. The van der Waals surface area contributed by atoms with Crippen LogP contribution in [-0.4, -0.2) is 22.2 Å². The molecule has 9 heteroatoms. The number of hydrogen-bond donors (Lipinski definition) is 0. The molecule has 4 rings (SSSR count). The van der Waals surface area contributed by atoms with Gasteiger partial charge in [0.05, 0.1) is 10.7 Å². The number of carbonyl (C=O) groups is 1. The third kappa shape index (κ3) is 6.31. The summed E-state index contributed by atoms with van der Waals surface area (Å²) in [7, 11) is 0. The molecule has 0 spiro atoms. The summed E-state index contributed by atoms with van der Waals surface area (Å²) in [6.45, 7) is -0.400. The minimum Gasteiger partial charge on any atom is -0.470 e. The number of aromatic nitrogens is 2. The number of para-hydroxylation sites is 1. The number of rotatable bonds is 9. The molecule has 0 fully saturated rings. The Labute approximate surface area is 210 Å². The van der Waals surface area contributed by atoms with Gasteiger partial charge in [0.1, 0.15) is 12.4 Å². The molecule has 4 nitrogen and oxygen atoms in total. The highest BCUT2D eigenvalue weighted by atomic mass is 35.5. The summed E-state index contributed by atoms with van der Waals surface area (Å²) in [5.41, 5.74) is 1.90. The number of benzene rings is 3. The Morgan fingerprint density at radius 1 is 0.944 bits per heavy atom. The lowest BCUT2D eigenvalue weighted by atomic mass is 10.00. The highest BCUT2D eigenvalue weighted by Crippen LogP contribution is 2.33. The summed E-state index contributed by atoms with van der Waals surface area (Å²) >= 11 is 6.12. The van der Waals surface area contributed by atoms with Crippen LogP contribution in [0.15, 0.2) is 78.9 Å². The fourth-order valence-electron chi connectivity index (χ4n) is 3.67. The van der Waals surface area contributed by atoms with Crippen LogP contribution in [0.25, 0.3) is 16.8 Å². The molecule has 0 saturated carbocycles. The van der Waals surface area contributed by atoms with Crippen molar-refractivity contribution >= 4 is 17.4 Å². The van der Waals surface area contributed by atoms with Crippen molar-refractivity contribution < 1.29 is 27.1 Å². The maximum atomic E-state index is 13.2. The fraction of sp³-hybridized carbons (Fsp3) is 0.185. The van der Waals surface area contributed by atoms with Crippen LogP contribution in [0.3, 0.4) is 0 Å². The lowest BCUT2D eigenvalue weighted by molar-refractivity contribution is -0.141. The van der Waals surface area contributed by atoms with Gasteiger partial charge in [-0.25, -0.2) is 4.39 Å². The zero-order chi connectivity index (χ0) is 25.7. The lowest BCUT2D eigenvalue weighted by Crippen LogP contribution is -2.13. The largest absolute Gasteiger partial charge is 0.470 e. The molecule has 0 N–H and O–H groups in total. The number of ether oxygens (including phenoxy) is 1. The van der Waals surface area contributed by atoms with Gasteiger partial charge in [-0.1, -0.05) is 60.1 Å². The number of aryl methyl sites for hydroxylation is 1. The normalized spacial score (nSPS) is 11.5. The van der Waals surface area contributed by atoms with Crippen LogP contribution in [0.4, 0.5) is 17.6 Å². The van der Waals surface area contributed by atoms with Gasteiger partial charge in [-0.3, -0.25) is 4.79 Å². The van der Waals surface area contributed by atoms with E-state index in [1.54, 1.807) is 24.3 Å². The van der Waals surface area contributed by atoms with E-state index in [0.717, 1.165) is 27.4 Å². The van der Waals surface area contributed by atoms with Crippen molar-refractivity contribution in [3.05, 3.63) is 101 Å². The summed E-state index contributed by atoms with van der Waals surface area (Å²) in [4.78, 5) is 12.4. The van der Waals surface area contributed by atoms with Gasteiger partial charge in [0.2, 0.25) is 5.88 Å². The van der Waals surface area contributed by atoms with E-state index < -0.39 is 18.5 Å². The van der Waals surface area contributed by atoms with Gasteiger partial charge >= 0.3 is 6.18 Å². The summed E-state index contributed by atoms with van der Waals surface area (Å²) in [6.07, 6.45) is -3.34. The van der Waals surface area contributed by atoms with Gasteiger partial charge in [0.25, 0.3) is 0 Å². The monoisotopic (exact) mass is 516 g/mol. The highest BCUT2D eigenvalue weighted by molar-refractivity contribution is 6.32. The van der Waals surface area contributed by atoms with E-state index in [1.165, 1.54) is 24.3 Å². The van der Waals surface area contributed by atoms with Crippen molar-refractivity contribution in [1.82, 2.24) is 9.78 Å². The van der Waals surface area contributed by atoms with E-state index in [9.17, 15) is 22.4 Å². The van der Waals surface area contributed by atoms with Crippen molar-refractivity contribution in [1.29, 1.82) is 0 Å². The number of halogens is 5. The van der Waals surface area contributed by atoms with Gasteiger partial charge in [0.15, 0.2) is 11.5 Å². The molecule has 0 saturated heterocycles. The van der Waals surface area contributed by atoms with Crippen LogP contribution >= 0.6 is 11.6 Å². The Hall–Kier alpha value is -3.65. The van der Waals surface area contributed by atoms with E-state index in [2.05, 4.69) is 5.10 Å². The molecule has 0 aliphatic heterocycles. The van der Waals surface area contributed by atoms with E-state index in [1.807, 2.05) is 24.3 Å². The molecule has 36 heavy (non-hydrogen) atoms. The Bertz CT molecular complexity index is 1350. The quantitative estimate of drug-likeness (QED) is 0.219.